The van der Waals surface area contributed by atoms with Crippen LogP contribution in [0.5, 0.6) is 0 Å². The third-order valence-corrected chi connectivity index (χ3v) is 2.97. The number of carbonyl (C=O) groups excluding carboxylic acids is 1. The zero-order valence-electron chi connectivity index (χ0n) is 10.6. The van der Waals surface area contributed by atoms with Crippen molar-refractivity contribution in [2.24, 2.45) is 5.73 Å². The van der Waals surface area contributed by atoms with Gasteiger partial charge >= 0.3 is 11.5 Å². The minimum Gasteiger partial charge on any atom is -0.466 e. The van der Waals surface area contributed by atoms with Crippen molar-refractivity contribution in [3.05, 3.63) is 29.8 Å². The molecule has 0 unspecified atom stereocenters. The molecule has 0 fully saturated rings. The largest absolute Gasteiger partial charge is 0.466 e. The van der Waals surface area contributed by atoms with Crippen LogP contribution in [0.15, 0.2) is 29.2 Å². The lowest BCUT2D eigenvalue weighted by atomic mass is 10.1. The summed E-state index contributed by atoms with van der Waals surface area (Å²) in [7, 11) is 0. The number of ether oxygens (including phenoxy) is 1. The Morgan fingerprint density at radius 1 is 1.35 bits per heavy atom. The van der Waals surface area contributed by atoms with Gasteiger partial charge in [0.05, 0.1) is 13.0 Å². The number of hydrogen-bond acceptors (Lipinski definition) is 4. The fraction of sp³-hybridized carbons (Fsp3) is 0.417. The predicted molar refractivity (Wildman–Crippen MR) is 73.8 cm³/mol. The summed E-state index contributed by atoms with van der Waals surface area (Å²) >= 11 is -0.189. The van der Waals surface area contributed by atoms with Crippen LogP contribution in [0.1, 0.15) is 24.9 Å². The summed E-state index contributed by atoms with van der Waals surface area (Å²) in [6, 6.07) is 5.05. The van der Waals surface area contributed by atoms with Gasteiger partial charge in [-0.05, 0) is 36.4 Å². The van der Waals surface area contributed by atoms with Gasteiger partial charge in [-0.15, -0.1) is 12.4 Å². The Bertz CT molecular complexity index is 426. The standard InChI is InChI=1S/C12H14F3NO2S.ClH/c1-2-18-11(17)7-10(16)8-3-5-9(6-4-8)19-12(13,14)15;/h3-6,10H,2,7,16H2,1H3;1H/t10-;/m1./s1. The fourth-order valence-electron chi connectivity index (χ4n) is 1.43. The quantitative estimate of drug-likeness (QED) is 0.661. The zero-order chi connectivity index (χ0) is 14.5. The molecule has 20 heavy (non-hydrogen) atoms. The third kappa shape index (κ3) is 7.02. The minimum absolute atomic E-state index is 0. The average Bonchev–Trinajstić information content (AvgIpc) is 2.27. The van der Waals surface area contributed by atoms with E-state index in [1.165, 1.54) is 24.3 Å². The van der Waals surface area contributed by atoms with E-state index in [1.54, 1.807) is 6.92 Å². The minimum atomic E-state index is -4.31. The van der Waals surface area contributed by atoms with E-state index in [9.17, 15) is 18.0 Å². The molecule has 0 heterocycles. The van der Waals surface area contributed by atoms with Crippen LogP contribution in [0.25, 0.3) is 0 Å². The molecule has 0 aromatic heterocycles. The van der Waals surface area contributed by atoms with Gasteiger partial charge < -0.3 is 10.5 Å². The molecule has 3 nitrogen and oxygen atoms in total. The van der Waals surface area contributed by atoms with Gasteiger partial charge in [0, 0.05) is 10.9 Å². The second-order valence-electron chi connectivity index (χ2n) is 3.73. The topological polar surface area (TPSA) is 52.3 Å². The van der Waals surface area contributed by atoms with E-state index < -0.39 is 17.5 Å². The summed E-state index contributed by atoms with van der Waals surface area (Å²) in [5.41, 5.74) is 2.06. The molecule has 0 bridgehead atoms. The Morgan fingerprint density at radius 2 is 1.90 bits per heavy atom. The number of alkyl halides is 3. The van der Waals surface area contributed by atoms with Crippen LogP contribution in [-0.4, -0.2) is 18.1 Å². The van der Waals surface area contributed by atoms with Gasteiger partial charge in [-0.3, -0.25) is 4.79 Å². The van der Waals surface area contributed by atoms with Crippen LogP contribution >= 0.6 is 24.2 Å². The molecule has 2 N–H and O–H groups in total. The van der Waals surface area contributed by atoms with Crippen LogP contribution in [0.2, 0.25) is 0 Å². The molecule has 0 aliphatic rings. The highest BCUT2D eigenvalue weighted by Gasteiger charge is 2.29. The van der Waals surface area contributed by atoms with Crippen molar-refractivity contribution in [3.63, 3.8) is 0 Å². The van der Waals surface area contributed by atoms with Crippen molar-refractivity contribution in [3.8, 4) is 0 Å². The summed E-state index contributed by atoms with van der Waals surface area (Å²) in [6.45, 7) is 1.96. The molecule has 0 amide bonds. The van der Waals surface area contributed by atoms with Gasteiger partial charge in [0.15, 0.2) is 0 Å². The van der Waals surface area contributed by atoms with Crippen molar-refractivity contribution in [1.29, 1.82) is 0 Å². The summed E-state index contributed by atoms with van der Waals surface area (Å²) in [4.78, 5) is 11.3. The highest BCUT2D eigenvalue weighted by molar-refractivity contribution is 8.00. The summed E-state index contributed by atoms with van der Waals surface area (Å²) in [5.74, 6) is -0.427. The van der Waals surface area contributed by atoms with Crippen molar-refractivity contribution >= 4 is 30.1 Å². The number of esters is 1. The summed E-state index contributed by atoms with van der Waals surface area (Å²) < 4.78 is 41.2. The van der Waals surface area contributed by atoms with E-state index in [2.05, 4.69) is 0 Å². The molecular weight excluding hydrogens is 315 g/mol. The molecule has 1 atom stereocenters. The first-order chi connectivity index (χ1) is 8.81. The lowest BCUT2D eigenvalue weighted by Crippen LogP contribution is -2.17. The lowest BCUT2D eigenvalue weighted by Gasteiger charge is -2.12. The maximum atomic E-state index is 12.1. The fourth-order valence-corrected chi connectivity index (χ4v) is 1.97. The maximum absolute atomic E-state index is 12.1. The van der Waals surface area contributed by atoms with E-state index in [-0.39, 0.29) is 42.1 Å². The van der Waals surface area contributed by atoms with Gasteiger partial charge in [-0.2, -0.15) is 13.2 Å². The number of thioether (sulfide) groups is 1. The number of halogens is 4. The van der Waals surface area contributed by atoms with E-state index in [4.69, 9.17) is 10.5 Å². The first-order valence-corrected chi connectivity index (χ1v) is 6.40. The molecule has 0 saturated carbocycles. The Hall–Kier alpha value is -0.920. The Labute approximate surface area is 125 Å². The molecule has 1 rings (SSSR count). The van der Waals surface area contributed by atoms with E-state index in [0.29, 0.717) is 5.56 Å². The van der Waals surface area contributed by atoms with Crippen LogP contribution in [0, 0.1) is 0 Å². The first-order valence-electron chi connectivity index (χ1n) is 5.58. The average molecular weight is 330 g/mol. The molecule has 0 radical (unpaired) electrons. The molecule has 0 saturated heterocycles. The van der Waals surface area contributed by atoms with Crippen LogP contribution < -0.4 is 5.73 Å². The third-order valence-electron chi connectivity index (χ3n) is 2.23. The number of nitrogens with two attached hydrogens (primary N) is 1. The van der Waals surface area contributed by atoms with Gasteiger partial charge in [-0.25, -0.2) is 0 Å². The normalized spacial score (nSPS) is 12.4. The molecule has 1 aromatic rings. The Kier molecular flexibility index (Phi) is 8.00. The highest BCUT2D eigenvalue weighted by Crippen LogP contribution is 2.37. The summed E-state index contributed by atoms with van der Waals surface area (Å²) in [6.07, 6.45) is -0.000396. The molecular formula is C12H15ClF3NO2S. The maximum Gasteiger partial charge on any atom is 0.446 e. The number of rotatable bonds is 5. The first kappa shape index (κ1) is 19.1. The van der Waals surface area contributed by atoms with E-state index in [1.807, 2.05) is 0 Å². The van der Waals surface area contributed by atoms with Crippen molar-refractivity contribution in [2.75, 3.05) is 6.61 Å². The number of benzene rings is 1. The molecule has 114 valence electrons. The van der Waals surface area contributed by atoms with E-state index >= 15 is 0 Å². The predicted octanol–water partition coefficient (Wildman–Crippen LogP) is 3.67. The van der Waals surface area contributed by atoms with Crippen LogP contribution in [0.4, 0.5) is 13.2 Å². The SMILES string of the molecule is CCOC(=O)C[C@@H](N)c1ccc(SC(F)(F)F)cc1.Cl. The van der Waals surface area contributed by atoms with Gasteiger partial charge in [0.1, 0.15) is 0 Å². The molecule has 0 spiro atoms. The van der Waals surface area contributed by atoms with Crippen molar-refractivity contribution in [2.45, 2.75) is 29.8 Å². The lowest BCUT2D eigenvalue weighted by molar-refractivity contribution is -0.143. The van der Waals surface area contributed by atoms with E-state index in [0.717, 1.165) is 0 Å². The smallest absolute Gasteiger partial charge is 0.446 e. The second kappa shape index (κ2) is 8.39. The molecule has 0 aliphatic heterocycles. The molecule has 8 heteroatoms. The number of carbonyl (C=O) groups is 1. The van der Waals surface area contributed by atoms with Crippen LogP contribution in [-0.2, 0) is 9.53 Å². The zero-order valence-corrected chi connectivity index (χ0v) is 12.3. The molecule has 1 aromatic carbocycles. The van der Waals surface area contributed by atoms with Gasteiger partial charge in [0.2, 0.25) is 0 Å². The second-order valence-corrected chi connectivity index (χ2v) is 4.87. The Balaban J connectivity index is 0.00000361. The molecule has 0 aliphatic carbocycles. The van der Waals surface area contributed by atoms with Crippen molar-refractivity contribution in [1.82, 2.24) is 0 Å². The highest BCUT2D eigenvalue weighted by atomic mass is 35.5. The van der Waals surface area contributed by atoms with Crippen LogP contribution in [0.3, 0.4) is 0 Å². The monoisotopic (exact) mass is 329 g/mol. The van der Waals surface area contributed by atoms with Crippen molar-refractivity contribution < 1.29 is 22.7 Å². The van der Waals surface area contributed by atoms with Gasteiger partial charge in [0.25, 0.3) is 0 Å². The Morgan fingerprint density at radius 3 is 2.35 bits per heavy atom. The summed E-state index contributed by atoms with van der Waals surface area (Å²) in [5, 5.41) is 0. The number of hydrogen-bond donors (Lipinski definition) is 1. The van der Waals surface area contributed by atoms with Gasteiger partial charge in [-0.1, -0.05) is 12.1 Å².